The number of hydrogen-bond donors (Lipinski definition) is 2. The number of anilines is 2. The molecule has 0 radical (unpaired) electrons. The molecule has 0 unspecified atom stereocenters. The van der Waals surface area contributed by atoms with E-state index < -0.39 is 22.0 Å². The highest BCUT2D eigenvalue weighted by molar-refractivity contribution is 7.92. The Morgan fingerprint density at radius 1 is 0.943 bits per heavy atom. The van der Waals surface area contributed by atoms with Gasteiger partial charge >= 0.3 is 0 Å². The van der Waals surface area contributed by atoms with Crippen LogP contribution in [0.1, 0.15) is 42.2 Å². The van der Waals surface area contributed by atoms with Crippen molar-refractivity contribution >= 4 is 44.8 Å². The molecule has 2 N–H and O–H groups in total. The summed E-state index contributed by atoms with van der Waals surface area (Å²) in [7, 11) is -3.80. The maximum absolute atomic E-state index is 13.3. The summed E-state index contributed by atoms with van der Waals surface area (Å²) in [6, 6.07) is 21.1. The van der Waals surface area contributed by atoms with E-state index in [0.29, 0.717) is 16.4 Å². The van der Waals surface area contributed by atoms with Crippen molar-refractivity contribution < 1.29 is 18.0 Å². The number of carbonyl (C=O) groups excluding carboxylic acids is 2. The number of rotatable bonds is 9. The van der Waals surface area contributed by atoms with Crippen LogP contribution in [-0.2, 0) is 14.8 Å². The van der Waals surface area contributed by atoms with E-state index in [0.717, 1.165) is 16.1 Å². The van der Waals surface area contributed by atoms with Crippen molar-refractivity contribution in [1.29, 1.82) is 0 Å². The molecule has 0 heterocycles. The average molecular weight is 514 g/mol. The standard InChI is InChI=1S/C26H28ClN3O4S/c1-4-24(30(35(3,33)34)21-16-14-20(27)15-17-21)26(32)29-23-13-9-8-12-22(23)25(31)28-18(2)19-10-6-5-7-11-19/h5-18,24H,4H2,1-3H3,(H,28,31)(H,29,32)/t18-,24+/m1/s1. The molecule has 0 bridgehead atoms. The second kappa shape index (κ2) is 11.4. The van der Waals surface area contributed by atoms with Crippen LogP contribution in [0.15, 0.2) is 78.9 Å². The van der Waals surface area contributed by atoms with Crippen molar-refractivity contribution in [3.8, 4) is 0 Å². The Morgan fingerprint density at radius 3 is 2.14 bits per heavy atom. The maximum atomic E-state index is 13.3. The number of sulfonamides is 1. The van der Waals surface area contributed by atoms with Crippen LogP contribution in [0.25, 0.3) is 0 Å². The molecule has 0 aliphatic carbocycles. The van der Waals surface area contributed by atoms with Crippen LogP contribution in [0, 0.1) is 0 Å². The Kier molecular flexibility index (Phi) is 8.53. The Morgan fingerprint density at radius 2 is 1.54 bits per heavy atom. The molecule has 2 atom stereocenters. The van der Waals surface area contributed by atoms with E-state index in [9.17, 15) is 18.0 Å². The first-order chi connectivity index (χ1) is 16.6. The summed E-state index contributed by atoms with van der Waals surface area (Å²) in [5.41, 5.74) is 1.83. The second-order valence-electron chi connectivity index (χ2n) is 8.10. The summed E-state index contributed by atoms with van der Waals surface area (Å²) >= 11 is 5.95. The predicted molar refractivity (Wildman–Crippen MR) is 140 cm³/mol. The summed E-state index contributed by atoms with van der Waals surface area (Å²) in [5.74, 6) is -0.910. The largest absolute Gasteiger partial charge is 0.345 e. The third kappa shape index (κ3) is 6.61. The van der Waals surface area contributed by atoms with Crippen LogP contribution in [0.3, 0.4) is 0 Å². The van der Waals surface area contributed by atoms with E-state index in [1.165, 1.54) is 0 Å². The van der Waals surface area contributed by atoms with Crippen LogP contribution in [0.4, 0.5) is 11.4 Å². The van der Waals surface area contributed by atoms with Gasteiger partial charge in [0.15, 0.2) is 0 Å². The quantitative estimate of drug-likeness (QED) is 0.420. The molecule has 184 valence electrons. The van der Waals surface area contributed by atoms with Gasteiger partial charge in [-0.25, -0.2) is 8.42 Å². The Labute approximate surface area is 211 Å². The molecular weight excluding hydrogens is 486 g/mol. The zero-order valence-corrected chi connectivity index (χ0v) is 21.3. The minimum Gasteiger partial charge on any atom is -0.345 e. The Bertz CT molecular complexity index is 1280. The predicted octanol–water partition coefficient (Wildman–Crippen LogP) is 5.01. The maximum Gasteiger partial charge on any atom is 0.253 e. The van der Waals surface area contributed by atoms with Crippen molar-refractivity contribution in [3.63, 3.8) is 0 Å². The van der Waals surface area contributed by atoms with Crippen LogP contribution in [0.5, 0.6) is 0 Å². The van der Waals surface area contributed by atoms with Crippen molar-refractivity contribution in [2.45, 2.75) is 32.4 Å². The van der Waals surface area contributed by atoms with Crippen molar-refractivity contribution in [2.24, 2.45) is 0 Å². The van der Waals surface area contributed by atoms with Crippen molar-refractivity contribution in [3.05, 3.63) is 95.0 Å². The summed E-state index contributed by atoms with van der Waals surface area (Å²) in [6.45, 7) is 3.59. The number of amides is 2. The smallest absolute Gasteiger partial charge is 0.253 e. The van der Waals surface area contributed by atoms with Crippen LogP contribution in [-0.4, -0.2) is 32.5 Å². The molecule has 0 saturated carbocycles. The van der Waals surface area contributed by atoms with Gasteiger partial charge < -0.3 is 10.6 Å². The Balaban J connectivity index is 1.85. The first-order valence-corrected chi connectivity index (χ1v) is 13.3. The van der Waals surface area contributed by atoms with Gasteiger partial charge in [0.25, 0.3) is 5.91 Å². The van der Waals surface area contributed by atoms with E-state index in [1.807, 2.05) is 37.3 Å². The molecule has 0 aliphatic heterocycles. The molecule has 35 heavy (non-hydrogen) atoms. The minimum absolute atomic E-state index is 0.209. The fraction of sp³-hybridized carbons (Fsp3) is 0.231. The fourth-order valence-corrected chi connectivity index (χ4v) is 5.09. The minimum atomic E-state index is -3.80. The molecule has 0 spiro atoms. The zero-order valence-electron chi connectivity index (χ0n) is 19.7. The van der Waals surface area contributed by atoms with Gasteiger partial charge in [-0.1, -0.05) is 61.0 Å². The number of halogens is 1. The van der Waals surface area contributed by atoms with Gasteiger partial charge in [0.05, 0.1) is 29.2 Å². The SMILES string of the molecule is CC[C@@H](C(=O)Nc1ccccc1C(=O)N[C@H](C)c1ccccc1)N(c1ccc(Cl)cc1)S(C)(=O)=O. The lowest BCUT2D eigenvalue weighted by Crippen LogP contribution is -2.47. The normalized spacial score (nSPS) is 12.9. The van der Waals surface area contributed by atoms with Crippen LogP contribution < -0.4 is 14.9 Å². The van der Waals surface area contributed by atoms with E-state index in [-0.39, 0.29) is 23.9 Å². The number of benzene rings is 3. The first-order valence-electron chi connectivity index (χ1n) is 11.1. The zero-order chi connectivity index (χ0) is 25.6. The lowest BCUT2D eigenvalue weighted by molar-refractivity contribution is -0.117. The lowest BCUT2D eigenvalue weighted by atomic mass is 10.1. The third-order valence-electron chi connectivity index (χ3n) is 5.49. The number of nitrogens with zero attached hydrogens (tertiary/aromatic N) is 1. The van der Waals surface area contributed by atoms with Gasteiger partial charge in [0, 0.05) is 5.02 Å². The topological polar surface area (TPSA) is 95.6 Å². The summed E-state index contributed by atoms with van der Waals surface area (Å²) < 4.78 is 26.4. The van der Waals surface area contributed by atoms with Crippen molar-refractivity contribution in [2.75, 3.05) is 15.9 Å². The van der Waals surface area contributed by atoms with Gasteiger partial charge in [-0.3, -0.25) is 13.9 Å². The van der Waals surface area contributed by atoms with E-state index in [4.69, 9.17) is 11.6 Å². The van der Waals surface area contributed by atoms with Crippen LogP contribution >= 0.6 is 11.6 Å². The lowest BCUT2D eigenvalue weighted by Gasteiger charge is -2.30. The summed E-state index contributed by atoms with van der Waals surface area (Å²) in [4.78, 5) is 26.4. The third-order valence-corrected chi connectivity index (χ3v) is 6.92. The van der Waals surface area contributed by atoms with Gasteiger partial charge in [-0.2, -0.15) is 0 Å². The second-order valence-corrected chi connectivity index (χ2v) is 10.4. The first kappa shape index (κ1) is 26.2. The summed E-state index contributed by atoms with van der Waals surface area (Å²) in [5, 5.41) is 6.14. The highest BCUT2D eigenvalue weighted by Gasteiger charge is 2.32. The van der Waals surface area contributed by atoms with Gasteiger partial charge in [0.2, 0.25) is 15.9 Å². The molecule has 3 aromatic carbocycles. The van der Waals surface area contributed by atoms with Crippen LogP contribution in [0.2, 0.25) is 5.02 Å². The molecule has 2 amide bonds. The molecule has 9 heteroatoms. The Hall–Kier alpha value is -3.36. The molecule has 0 saturated heterocycles. The molecule has 7 nitrogen and oxygen atoms in total. The molecule has 3 rings (SSSR count). The molecule has 3 aromatic rings. The number of hydrogen-bond acceptors (Lipinski definition) is 4. The highest BCUT2D eigenvalue weighted by atomic mass is 35.5. The van der Waals surface area contributed by atoms with Gasteiger partial charge in [-0.15, -0.1) is 0 Å². The van der Waals surface area contributed by atoms with Gasteiger partial charge in [0.1, 0.15) is 6.04 Å². The molecule has 0 aromatic heterocycles. The molecular formula is C26H28ClN3O4S. The van der Waals surface area contributed by atoms with Crippen molar-refractivity contribution in [1.82, 2.24) is 5.32 Å². The van der Waals surface area contributed by atoms with E-state index in [2.05, 4.69) is 10.6 Å². The highest BCUT2D eigenvalue weighted by Crippen LogP contribution is 2.26. The monoisotopic (exact) mass is 513 g/mol. The number of nitrogens with one attached hydrogen (secondary N) is 2. The summed E-state index contributed by atoms with van der Waals surface area (Å²) in [6.07, 6.45) is 1.25. The fourth-order valence-electron chi connectivity index (χ4n) is 3.75. The average Bonchev–Trinajstić information content (AvgIpc) is 2.83. The van der Waals surface area contributed by atoms with E-state index in [1.54, 1.807) is 55.5 Å². The molecule has 0 fully saturated rings. The van der Waals surface area contributed by atoms with Gasteiger partial charge in [-0.05, 0) is 55.3 Å². The van der Waals surface area contributed by atoms with E-state index >= 15 is 0 Å². The molecule has 0 aliphatic rings. The number of carbonyl (C=O) groups is 2. The number of para-hydroxylation sites is 1.